The van der Waals surface area contributed by atoms with Crippen LogP contribution < -0.4 is 10.6 Å². The number of carbonyl (C=O) groups excluding carboxylic acids is 1. The molecule has 1 aromatic heterocycles. The second-order valence-corrected chi connectivity index (χ2v) is 5.01. The molecule has 1 aliphatic rings. The van der Waals surface area contributed by atoms with Crippen LogP contribution in [0.3, 0.4) is 0 Å². The molecule has 2 heterocycles. The lowest BCUT2D eigenvalue weighted by atomic mass is 10.1. The third kappa shape index (κ3) is 2.92. The van der Waals surface area contributed by atoms with E-state index in [1.165, 1.54) is 18.2 Å². The highest BCUT2D eigenvalue weighted by atomic mass is 19.1. The Balaban J connectivity index is 1.70. The Morgan fingerprint density at radius 2 is 2.33 bits per heavy atom. The first-order valence-electron chi connectivity index (χ1n) is 6.78. The van der Waals surface area contributed by atoms with Crippen LogP contribution in [0.1, 0.15) is 40.7 Å². The molecule has 1 atom stereocenters. The van der Waals surface area contributed by atoms with Crippen LogP contribution in [-0.4, -0.2) is 22.6 Å². The third-order valence-corrected chi connectivity index (χ3v) is 3.44. The molecule has 2 aromatic rings. The Morgan fingerprint density at radius 1 is 1.48 bits per heavy atom. The van der Waals surface area contributed by atoms with Gasteiger partial charge in [0.1, 0.15) is 5.82 Å². The molecule has 1 unspecified atom stereocenters. The maximum absolute atomic E-state index is 13.2. The highest BCUT2D eigenvalue weighted by Crippen LogP contribution is 2.23. The van der Waals surface area contributed by atoms with Gasteiger partial charge >= 0.3 is 6.01 Å². The molecule has 1 amide bonds. The monoisotopic (exact) mass is 290 g/mol. The van der Waals surface area contributed by atoms with Gasteiger partial charge in [0, 0.05) is 5.56 Å². The maximum atomic E-state index is 13.2. The summed E-state index contributed by atoms with van der Waals surface area (Å²) in [5, 5.41) is 13.5. The average Bonchev–Trinajstić information content (AvgIpc) is 3.12. The van der Waals surface area contributed by atoms with Crippen molar-refractivity contribution in [3.05, 3.63) is 41.0 Å². The zero-order valence-corrected chi connectivity index (χ0v) is 11.5. The lowest BCUT2D eigenvalue weighted by Crippen LogP contribution is -2.13. The standard InChI is InChI=1S/C14H15FN4O2/c1-8-7-9(4-5-10(8)15)12(20)17-14-19-18-13(21-14)11-3-2-6-16-11/h4-5,7,11,16H,2-3,6H2,1H3,(H,17,19,20). The van der Waals surface area contributed by atoms with Gasteiger partial charge in [-0.15, -0.1) is 5.10 Å². The first kappa shape index (κ1) is 13.7. The zero-order chi connectivity index (χ0) is 14.8. The van der Waals surface area contributed by atoms with E-state index in [4.69, 9.17) is 4.42 Å². The molecule has 3 rings (SSSR count). The van der Waals surface area contributed by atoms with Crippen molar-refractivity contribution in [2.75, 3.05) is 11.9 Å². The Labute approximate surface area is 120 Å². The molecule has 0 saturated carbocycles. The normalized spacial score (nSPS) is 17.9. The summed E-state index contributed by atoms with van der Waals surface area (Å²) in [6, 6.07) is 4.24. The molecule has 0 spiro atoms. The van der Waals surface area contributed by atoms with Crippen molar-refractivity contribution in [2.24, 2.45) is 0 Å². The van der Waals surface area contributed by atoms with Crippen molar-refractivity contribution in [1.29, 1.82) is 0 Å². The van der Waals surface area contributed by atoms with Crippen molar-refractivity contribution in [2.45, 2.75) is 25.8 Å². The summed E-state index contributed by atoms with van der Waals surface area (Å²) < 4.78 is 18.6. The molecule has 110 valence electrons. The van der Waals surface area contributed by atoms with Gasteiger partial charge in [0.15, 0.2) is 0 Å². The van der Waals surface area contributed by atoms with Gasteiger partial charge in [0.25, 0.3) is 5.91 Å². The van der Waals surface area contributed by atoms with Crippen LogP contribution in [0.15, 0.2) is 22.6 Å². The molecule has 0 radical (unpaired) electrons. The van der Waals surface area contributed by atoms with Gasteiger partial charge in [0.05, 0.1) is 6.04 Å². The number of anilines is 1. The number of aryl methyl sites for hydroxylation is 1. The predicted molar refractivity (Wildman–Crippen MR) is 73.4 cm³/mol. The first-order chi connectivity index (χ1) is 10.1. The molecule has 6 nitrogen and oxygen atoms in total. The molecule has 21 heavy (non-hydrogen) atoms. The Kier molecular flexibility index (Phi) is 3.66. The summed E-state index contributed by atoms with van der Waals surface area (Å²) in [5.74, 6) is -0.287. The van der Waals surface area contributed by atoms with E-state index in [1.54, 1.807) is 6.92 Å². The minimum Gasteiger partial charge on any atom is -0.406 e. The zero-order valence-electron chi connectivity index (χ0n) is 11.5. The number of nitrogens with one attached hydrogen (secondary N) is 2. The van der Waals surface area contributed by atoms with E-state index >= 15 is 0 Å². The van der Waals surface area contributed by atoms with E-state index in [2.05, 4.69) is 20.8 Å². The van der Waals surface area contributed by atoms with Gasteiger partial charge in [-0.25, -0.2) is 4.39 Å². The molecule has 0 bridgehead atoms. The van der Waals surface area contributed by atoms with E-state index in [9.17, 15) is 9.18 Å². The minimum absolute atomic E-state index is 0.0469. The van der Waals surface area contributed by atoms with Crippen molar-refractivity contribution in [1.82, 2.24) is 15.5 Å². The molecule has 1 aromatic carbocycles. The summed E-state index contributed by atoms with van der Waals surface area (Å²) in [7, 11) is 0. The smallest absolute Gasteiger partial charge is 0.322 e. The van der Waals surface area contributed by atoms with Crippen LogP contribution in [0, 0.1) is 12.7 Å². The van der Waals surface area contributed by atoms with E-state index in [1.807, 2.05) is 0 Å². The quantitative estimate of drug-likeness (QED) is 0.905. The van der Waals surface area contributed by atoms with Gasteiger partial charge in [0.2, 0.25) is 5.89 Å². The fourth-order valence-corrected chi connectivity index (χ4v) is 2.28. The summed E-state index contributed by atoms with van der Waals surface area (Å²) in [5.41, 5.74) is 0.747. The van der Waals surface area contributed by atoms with Crippen molar-refractivity contribution >= 4 is 11.9 Å². The second-order valence-electron chi connectivity index (χ2n) is 5.01. The molecule has 1 saturated heterocycles. The van der Waals surface area contributed by atoms with Gasteiger partial charge in [-0.1, -0.05) is 5.10 Å². The van der Waals surface area contributed by atoms with E-state index < -0.39 is 5.91 Å². The summed E-state index contributed by atoms with van der Waals surface area (Å²) in [6.45, 7) is 2.52. The highest BCUT2D eigenvalue weighted by molar-refractivity contribution is 6.03. The maximum Gasteiger partial charge on any atom is 0.322 e. The number of hydrogen-bond acceptors (Lipinski definition) is 5. The largest absolute Gasteiger partial charge is 0.406 e. The van der Waals surface area contributed by atoms with Crippen LogP contribution >= 0.6 is 0 Å². The van der Waals surface area contributed by atoms with Crippen molar-refractivity contribution < 1.29 is 13.6 Å². The van der Waals surface area contributed by atoms with Crippen LogP contribution in [-0.2, 0) is 0 Å². The lowest BCUT2D eigenvalue weighted by Gasteiger charge is -2.04. The fourth-order valence-electron chi connectivity index (χ4n) is 2.28. The fraction of sp³-hybridized carbons (Fsp3) is 0.357. The van der Waals surface area contributed by atoms with E-state index in [-0.39, 0.29) is 17.9 Å². The molecule has 7 heteroatoms. The second kappa shape index (κ2) is 5.61. The number of carbonyl (C=O) groups is 1. The highest BCUT2D eigenvalue weighted by Gasteiger charge is 2.22. The topological polar surface area (TPSA) is 80.0 Å². The number of hydrogen-bond donors (Lipinski definition) is 2. The molecule has 2 N–H and O–H groups in total. The van der Waals surface area contributed by atoms with Crippen molar-refractivity contribution in [3.63, 3.8) is 0 Å². The van der Waals surface area contributed by atoms with E-state index in [0.29, 0.717) is 17.0 Å². The van der Waals surface area contributed by atoms with Gasteiger partial charge < -0.3 is 9.73 Å². The number of aromatic nitrogens is 2. The van der Waals surface area contributed by atoms with Gasteiger partial charge in [-0.05, 0) is 50.1 Å². The third-order valence-electron chi connectivity index (χ3n) is 3.44. The molecule has 0 aliphatic carbocycles. The Hall–Kier alpha value is -2.28. The molecular weight excluding hydrogens is 275 g/mol. The summed E-state index contributed by atoms with van der Waals surface area (Å²) in [4.78, 5) is 12.0. The van der Waals surface area contributed by atoms with Crippen LogP contribution in [0.4, 0.5) is 10.4 Å². The van der Waals surface area contributed by atoms with Crippen LogP contribution in [0.2, 0.25) is 0 Å². The Morgan fingerprint density at radius 3 is 3.05 bits per heavy atom. The lowest BCUT2D eigenvalue weighted by molar-refractivity contribution is 0.102. The van der Waals surface area contributed by atoms with Gasteiger partial charge in [-0.3, -0.25) is 10.1 Å². The SMILES string of the molecule is Cc1cc(C(=O)Nc2nnc(C3CCCN3)o2)ccc1F. The summed E-state index contributed by atoms with van der Waals surface area (Å²) in [6.07, 6.45) is 2.00. The molecule has 1 fully saturated rings. The average molecular weight is 290 g/mol. The molecular formula is C14H15FN4O2. The van der Waals surface area contributed by atoms with Crippen LogP contribution in [0.5, 0.6) is 0 Å². The number of benzene rings is 1. The van der Waals surface area contributed by atoms with Gasteiger partial charge in [-0.2, -0.15) is 0 Å². The number of halogens is 1. The van der Waals surface area contributed by atoms with Crippen LogP contribution in [0.25, 0.3) is 0 Å². The summed E-state index contributed by atoms with van der Waals surface area (Å²) >= 11 is 0. The van der Waals surface area contributed by atoms with E-state index in [0.717, 1.165) is 19.4 Å². The number of nitrogens with zero attached hydrogens (tertiary/aromatic N) is 2. The number of rotatable bonds is 3. The predicted octanol–water partition coefficient (Wildman–Crippen LogP) is 2.19. The molecule has 1 aliphatic heterocycles. The number of amides is 1. The minimum atomic E-state index is -0.410. The first-order valence-corrected chi connectivity index (χ1v) is 6.78. The Bertz CT molecular complexity index is 665. The van der Waals surface area contributed by atoms with Crippen molar-refractivity contribution in [3.8, 4) is 0 Å².